The smallest absolute Gasteiger partial charge is 0.252 e. The fraction of sp³-hybridized carbons (Fsp3) is 0.300. The van der Waals surface area contributed by atoms with Crippen LogP contribution in [0.4, 0.5) is 5.69 Å². The Hall–Kier alpha value is -0.780. The van der Waals surface area contributed by atoms with Crippen LogP contribution in [-0.4, -0.2) is 28.7 Å². The first kappa shape index (κ1) is 14.3. The van der Waals surface area contributed by atoms with Gasteiger partial charge in [0, 0.05) is 35.0 Å². The van der Waals surface area contributed by atoms with E-state index in [1.807, 2.05) is 0 Å². The third-order valence-electron chi connectivity index (χ3n) is 1.97. The Kier molecular flexibility index (Phi) is 5.24. The molecule has 1 aromatic rings. The van der Waals surface area contributed by atoms with E-state index >= 15 is 0 Å². The topological polar surface area (TPSA) is 72.2 Å². The summed E-state index contributed by atoms with van der Waals surface area (Å²) in [5.41, 5.74) is 6.16. The van der Waals surface area contributed by atoms with Crippen LogP contribution in [0.3, 0.4) is 0 Å². The zero-order valence-electron chi connectivity index (χ0n) is 9.13. The quantitative estimate of drug-likeness (QED) is 0.830. The highest BCUT2D eigenvalue weighted by Crippen LogP contribution is 2.28. The lowest BCUT2D eigenvalue weighted by atomic mass is 10.2. The van der Waals surface area contributed by atoms with Gasteiger partial charge in [0.25, 0.3) is 5.91 Å². The number of nitrogens with two attached hydrogens (primary N) is 1. The summed E-state index contributed by atoms with van der Waals surface area (Å²) in [4.78, 5) is 11.7. The lowest BCUT2D eigenvalue weighted by Gasteiger charge is -2.08. The second kappa shape index (κ2) is 6.23. The highest BCUT2D eigenvalue weighted by molar-refractivity contribution is 7.84. The summed E-state index contributed by atoms with van der Waals surface area (Å²) in [6.45, 7) is 0.310. The molecule has 0 aliphatic carbocycles. The molecule has 0 spiro atoms. The van der Waals surface area contributed by atoms with Gasteiger partial charge in [0.2, 0.25) is 0 Å². The number of rotatable bonds is 4. The maximum Gasteiger partial charge on any atom is 0.252 e. The predicted octanol–water partition coefficient (Wildman–Crippen LogP) is 1.68. The van der Waals surface area contributed by atoms with Gasteiger partial charge in [0.15, 0.2) is 0 Å². The minimum absolute atomic E-state index is 0.163. The average molecular weight is 295 g/mol. The van der Waals surface area contributed by atoms with E-state index in [0.717, 1.165) is 0 Å². The van der Waals surface area contributed by atoms with E-state index < -0.39 is 10.8 Å². The number of anilines is 1. The van der Waals surface area contributed by atoms with Crippen LogP contribution in [0.5, 0.6) is 0 Å². The number of nitrogens with one attached hydrogen (secondary N) is 1. The Morgan fingerprint density at radius 1 is 1.47 bits per heavy atom. The van der Waals surface area contributed by atoms with Crippen LogP contribution >= 0.6 is 23.2 Å². The molecule has 3 N–H and O–H groups in total. The van der Waals surface area contributed by atoms with E-state index in [4.69, 9.17) is 28.9 Å². The third-order valence-corrected chi connectivity index (χ3v) is 3.55. The molecule has 17 heavy (non-hydrogen) atoms. The van der Waals surface area contributed by atoms with Gasteiger partial charge in [0.1, 0.15) is 0 Å². The fourth-order valence-corrected chi connectivity index (χ4v) is 1.99. The molecule has 0 radical (unpaired) electrons. The van der Waals surface area contributed by atoms with Gasteiger partial charge in [-0.2, -0.15) is 0 Å². The second-order valence-electron chi connectivity index (χ2n) is 3.40. The number of benzene rings is 1. The average Bonchev–Trinajstić information content (AvgIpc) is 2.22. The van der Waals surface area contributed by atoms with Crippen LogP contribution in [0.15, 0.2) is 12.1 Å². The Bertz CT molecular complexity index is 466. The van der Waals surface area contributed by atoms with Gasteiger partial charge in [-0.15, -0.1) is 0 Å². The van der Waals surface area contributed by atoms with Crippen LogP contribution in [0.2, 0.25) is 10.0 Å². The standard InChI is InChI=1S/C10H12Cl2N2O2S/c1-17(16)3-2-14-10(15)7-4-6(13)5-8(11)9(7)12/h4-5H,2-3,13H2,1H3,(H,14,15). The molecule has 4 nitrogen and oxygen atoms in total. The molecule has 0 aliphatic heterocycles. The molecule has 1 atom stereocenters. The van der Waals surface area contributed by atoms with Crippen LogP contribution in [0.1, 0.15) is 10.4 Å². The summed E-state index contributed by atoms with van der Waals surface area (Å²) in [5.74, 6) is 0.00835. The number of hydrogen-bond acceptors (Lipinski definition) is 3. The molecule has 0 saturated carbocycles. The van der Waals surface area contributed by atoms with Crippen molar-refractivity contribution in [2.45, 2.75) is 0 Å². The Morgan fingerprint density at radius 3 is 2.71 bits per heavy atom. The summed E-state index contributed by atoms with van der Waals surface area (Å²) >= 11 is 11.7. The highest BCUT2D eigenvalue weighted by Gasteiger charge is 2.13. The van der Waals surface area contributed by atoms with Crippen LogP contribution in [0.25, 0.3) is 0 Å². The maximum atomic E-state index is 11.7. The van der Waals surface area contributed by atoms with Gasteiger partial charge in [-0.25, -0.2) is 0 Å². The van der Waals surface area contributed by atoms with Crippen LogP contribution in [0, 0.1) is 0 Å². The maximum absolute atomic E-state index is 11.7. The zero-order valence-corrected chi connectivity index (χ0v) is 11.5. The number of carbonyl (C=O) groups is 1. The summed E-state index contributed by atoms with van der Waals surface area (Å²) in [7, 11) is -0.951. The molecule has 0 aromatic heterocycles. The summed E-state index contributed by atoms with van der Waals surface area (Å²) in [6.07, 6.45) is 1.57. The van der Waals surface area contributed by atoms with E-state index in [-0.39, 0.29) is 21.5 Å². The van der Waals surface area contributed by atoms with Gasteiger partial charge >= 0.3 is 0 Å². The Balaban J connectivity index is 2.78. The normalized spacial score (nSPS) is 12.2. The number of amides is 1. The van der Waals surface area contributed by atoms with Gasteiger partial charge in [-0.1, -0.05) is 23.2 Å². The van der Waals surface area contributed by atoms with E-state index in [9.17, 15) is 9.00 Å². The summed E-state index contributed by atoms with van der Waals surface area (Å²) in [6, 6.07) is 2.92. The van der Waals surface area contributed by atoms with E-state index in [2.05, 4.69) is 5.32 Å². The number of halogens is 2. The monoisotopic (exact) mass is 294 g/mol. The first-order chi connectivity index (χ1) is 7.91. The number of hydrogen-bond donors (Lipinski definition) is 2. The summed E-state index contributed by atoms with van der Waals surface area (Å²) < 4.78 is 10.8. The molecule has 1 unspecified atom stereocenters. The molecular formula is C10H12Cl2N2O2S. The third kappa shape index (κ3) is 4.18. The van der Waals surface area contributed by atoms with E-state index in [1.54, 1.807) is 6.26 Å². The van der Waals surface area contributed by atoms with E-state index in [1.165, 1.54) is 12.1 Å². The summed E-state index contributed by atoms with van der Waals surface area (Å²) in [5, 5.41) is 2.99. The lowest BCUT2D eigenvalue weighted by molar-refractivity contribution is 0.0956. The van der Waals surface area contributed by atoms with Gasteiger partial charge in [0.05, 0.1) is 15.6 Å². The molecule has 7 heteroatoms. The van der Waals surface area contributed by atoms with Crippen LogP contribution < -0.4 is 11.1 Å². The van der Waals surface area contributed by atoms with E-state index in [0.29, 0.717) is 18.0 Å². The van der Waals surface area contributed by atoms with Crippen molar-refractivity contribution in [3.8, 4) is 0 Å². The molecule has 0 saturated heterocycles. The van der Waals surface area contributed by atoms with Crippen molar-refractivity contribution in [3.63, 3.8) is 0 Å². The molecule has 0 heterocycles. The number of nitrogen functional groups attached to an aromatic ring is 1. The Morgan fingerprint density at radius 2 is 2.12 bits per heavy atom. The minimum Gasteiger partial charge on any atom is -0.399 e. The van der Waals surface area contributed by atoms with Crippen molar-refractivity contribution in [1.82, 2.24) is 5.32 Å². The molecule has 1 aromatic carbocycles. The highest BCUT2D eigenvalue weighted by atomic mass is 35.5. The molecule has 1 amide bonds. The minimum atomic E-state index is -0.951. The molecule has 0 aliphatic rings. The molecule has 0 fully saturated rings. The first-order valence-electron chi connectivity index (χ1n) is 4.74. The molecule has 94 valence electrons. The zero-order chi connectivity index (χ0) is 13.0. The molecule has 0 bridgehead atoms. The van der Waals surface area contributed by atoms with Crippen molar-refractivity contribution >= 4 is 45.6 Å². The predicted molar refractivity (Wildman–Crippen MR) is 72.1 cm³/mol. The van der Waals surface area contributed by atoms with Gasteiger partial charge in [-0.05, 0) is 12.1 Å². The van der Waals surface area contributed by atoms with Crippen molar-refractivity contribution < 1.29 is 9.00 Å². The SMILES string of the molecule is CS(=O)CCNC(=O)c1cc(N)cc(Cl)c1Cl. The van der Waals surface area contributed by atoms with Gasteiger partial charge < -0.3 is 11.1 Å². The second-order valence-corrected chi connectivity index (χ2v) is 5.74. The molecular weight excluding hydrogens is 283 g/mol. The molecule has 1 rings (SSSR count). The van der Waals surface area contributed by atoms with Crippen LogP contribution in [-0.2, 0) is 10.8 Å². The largest absolute Gasteiger partial charge is 0.399 e. The van der Waals surface area contributed by atoms with Crippen molar-refractivity contribution in [2.75, 3.05) is 24.3 Å². The van der Waals surface area contributed by atoms with Crippen molar-refractivity contribution in [1.29, 1.82) is 0 Å². The lowest BCUT2D eigenvalue weighted by Crippen LogP contribution is -2.27. The fourth-order valence-electron chi connectivity index (χ4n) is 1.18. The Labute approximate surface area is 112 Å². The first-order valence-corrected chi connectivity index (χ1v) is 7.23. The van der Waals surface area contributed by atoms with Gasteiger partial charge in [-0.3, -0.25) is 9.00 Å². The van der Waals surface area contributed by atoms with Crippen molar-refractivity contribution in [2.24, 2.45) is 0 Å². The van der Waals surface area contributed by atoms with Crippen molar-refractivity contribution in [3.05, 3.63) is 27.7 Å². The number of carbonyl (C=O) groups excluding carboxylic acids is 1.